The third-order valence-corrected chi connectivity index (χ3v) is 7.84. The summed E-state index contributed by atoms with van der Waals surface area (Å²) in [6, 6.07) is 3.98. The van der Waals surface area contributed by atoms with Gasteiger partial charge in [-0.15, -0.1) is 0 Å². The van der Waals surface area contributed by atoms with Crippen molar-refractivity contribution < 1.29 is 31.2 Å². The van der Waals surface area contributed by atoms with Crippen molar-refractivity contribution in [3.8, 4) is 0 Å². The quantitative estimate of drug-likeness (QED) is 0.468. The predicted octanol–water partition coefficient (Wildman–Crippen LogP) is 2.55. The van der Waals surface area contributed by atoms with Crippen LogP contribution in [-0.2, 0) is 34.0 Å². The van der Waals surface area contributed by atoms with Gasteiger partial charge in [0, 0.05) is 31.0 Å². The number of carbonyl (C=O) groups is 2. The number of amides is 2. The predicted molar refractivity (Wildman–Crippen MR) is 135 cm³/mol. The summed E-state index contributed by atoms with van der Waals surface area (Å²) in [6.45, 7) is -0.390. The molecule has 9 nitrogen and oxygen atoms in total. The molecule has 2 amide bonds. The molecule has 0 bridgehead atoms. The first kappa shape index (κ1) is 26.5. The Morgan fingerprint density at radius 2 is 1.95 bits per heavy atom. The molecular weight excluding hydrogens is 523 g/mol. The van der Waals surface area contributed by atoms with Crippen LogP contribution >= 0.6 is 0 Å². The third kappa shape index (κ3) is 6.30. The Bertz CT molecular complexity index is 1370. The van der Waals surface area contributed by atoms with Crippen LogP contribution in [0.3, 0.4) is 0 Å². The fourth-order valence-corrected chi connectivity index (χ4v) is 5.56. The Morgan fingerprint density at radius 3 is 2.61 bits per heavy atom. The zero-order chi connectivity index (χ0) is 27.2. The van der Waals surface area contributed by atoms with Gasteiger partial charge in [0.1, 0.15) is 23.0 Å². The number of hydrogen-bond acceptors (Lipinski definition) is 6. The lowest BCUT2D eigenvalue weighted by Gasteiger charge is -2.40. The molecule has 2 aliphatic heterocycles. The van der Waals surface area contributed by atoms with Gasteiger partial charge >= 0.3 is 0 Å². The maximum absolute atomic E-state index is 14.2. The van der Waals surface area contributed by atoms with Crippen molar-refractivity contribution in [3.63, 3.8) is 0 Å². The first-order chi connectivity index (χ1) is 17.8. The maximum atomic E-state index is 14.2. The Hall–Kier alpha value is -3.09. The lowest BCUT2D eigenvalue weighted by atomic mass is 9.95. The lowest BCUT2D eigenvalue weighted by Crippen LogP contribution is -2.56. The third-order valence-electron chi connectivity index (χ3n) is 7.06. The molecular formula is C25H30F3N5O4S. The van der Waals surface area contributed by atoms with Gasteiger partial charge < -0.3 is 15.5 Å². The second-order valence-corrected chi connectivity index (χ2v) is 12.8. The lowest BCUT2D eigenvalue weighted by molar-refractivity contribution is -0.113. The van der Waals surface area contributed by atoms with Gasteiger partial charge in [-0.3, -0.25) is 9.59 Å². The molecule has 206 valence electrons. The number of carbonyl (C=O) groups excluding carboxylic acids is 2. The summed E-state index contributed by atoms with van der Waals surface area (Å²) in [6.07, 6.45) is 5.32. The molecule has 2 aromatic rings. The average Bonchev–Trinajstić information content (AvgIpc) is 3.54. The smallest absolute Gasteiger partial charge is 0.282 e. The van der Waals surface area contributed by atoms with E-state index in [1.165, 1.54) is 17.0 Å². The molecule has 0 spiro atoms. The largest absolute Gasteiger partial charge is 0.359 e. The monoisotopic (exact) mass is 553 g/mol. The van der Waals surface area contributed by atoms with Crippen molar-refractivity contribution in [1.82, 2.24) is 15.1 Å². The van der Waals surface area contributed by atoms with E-state index in [9.17, 15) is 31.2 Å². The van der Waals surface area contributed by atoms with E-state index in [-0.39, 0.29) is 17.4 Å². The van der Waals surface area contributed by atoms with Gasteiger partial charge in [-0.1, -0.05) is 12.8 Å². The van der Waals surface area contributed by atoms with Crippen LogP contribution in [-0.4, -0.2) is 67.1 Å². The number of anilines is 2. The first-order valence-corrected chi connectivity index (χ1v) is 14.7. The van der Waals surface area contributed by atoms with Crippen molar-refractivity contribution >= 4 is 33.2 Å². The standard InChI is InChI=1S/C25H30F3N5O4S/c1-38(36,37)12-21(34)30-23-22-20(31-33(23)7-6-15-2-3-15)11-18(29-24(22)35)5-4-16-8-17(26)10-19(9-16)32-13-25(27,28)14-32/h8-10,15,18H,2-7,11-14H2,1H3,(H,29,35)(H,30,34)/t18-/m0/s1. The number of fused-ring (bicyclic) bond motifs is 1. The number of aryl methyl sites for hydroxylation is 2. The minimum absolute atomic E-state index is 0.200. The zero-order valence-corrected chi connectivity index (χ0v) is 21.8. The highest BCUT2D eigenvalue weighted by Crippen LogP contribution is 2.35. The number of benzene rings is 1. The number of alkyl halides is 2. The normalized spacial score (nSPS) is 20.5. The summed E-state index contributed by atoms with van der Waals surface area (Å²) >= 11 is 0. The van der Waals surface area contributed by atoms with Crippen molar-refractivity contribution in [2.75, 3.05) is 35.3 Å². The van der Waals surface area contributed by atoms with Gasteiger partial charge in [0.25, 0.3) is 11.8 Å². The summed E-state index contributed by atoms with van der Waals surface area (Å²) in [5.41, 5.74) is 1.78. The molecule has 1 aromatic carbocycles. The molecule has 2 N–H and O–H groups in total. The van der Waals surface area contributed by atoms with E-state index in [1.807, 2.05) is 0 Å². The van der Waals surface area contributed by atoms with Crippen LogP contribution in [0.1, 0.15) is 47.3 Å². The van der Waals surface area contributed by atoms with Crippen molar-refractivity contribution in [2.24, 2.45) is 5.92 Å². The van der Waals surface area contributed by atoms with Gasteiger partial charge in [0.2, 0.25) is 5.91 Å². The van der Waals surface area contributed by atoms with E-state index < -0.39 is 52.2 Å². The molecule has 1 atom stereocenters. The zero-order valence-electron chi connectivity index (χ0n) is 21.0. The van der Waals surface area contributed by atoms with Gasteiger partial charge in [-0.05, 0) is 48.9 Å². The first-order valence-electron chi connectivity index (χ1n) is 12.7. The minimum Gasteiger partial charge on any atom is -0.359 e. The Kier molecular flexibility index (Phi) is 6.91. The van der Waals surface area contributed by atoms with Gasteiger partial charge in [-0.25, -0.2) is 26.3 Å². The molecule has 3 aliphatic rings. The Morgan fingerprint density at radius 1 is 1.21 bits per heavy atom. The molecule has 0 radical (unpaired) electrons. The molecule has 38 heavy (non-hydrogen) atoms. The van der Waals surface area contributed by atoms with Crippen LogP contribution < -0.4 is 15.5 Å². The fraction of sp³-hybridized carbons (Fsp3) is 0.560. The van der Waals surface area contributed by atoms with Crippen LogP contribution in [0.5, 0.6) is 0 Å². The molecule has 1 aliphatic carbocycles. The van der Waals surface area contributed by atoms with E-state index >= 15 is 0 Å². The van der Waals surface area contributed by atoms with E-state index in [4.69, 9.17) is 0 Å². The van der Waals surface area contributed by atoms with Crippen molar-refractivity contribution in [2.45, 2.75) is 57.0 Å². The van der Waals surface area contributed by atoms with Gasteiger partial charge in [-0.2, -0.15) is 5.10 Å². The van der Waals surface area contributed by atoms with E-state index in [0.29, 0.717) is 48.7 Å². The number of halogens is 3. The van der Waals surface area contributed by atoms with E-state index in [0.717, 1.165) is 25.5 Å². The summed E-state index contributed by atoms with van der Waals surface area (Å²) in [5, 5.41) is 10.1. The number of nitrogens with one attached hydrogen (secondary N) is 2. The van der Waals surface area contributed by atoms with Crippen LogP contribution in [0.2, 0.25) is 0 Å². The molecule has 1 saturated carbocycles. The van der Waals surface area contributed by atoms with Crippen molar-refractivity contribution in [3.05, 3.63) is 40.8 Å². The SMILES string of the molecule is CS(=O)(=O)CC(=O)Nc1c2c(nn1CCC1CC1)C[C@H](CCc1cc(F)cc(N3CC(F)(F)C3)c1)NC2=O. The highest BCUT2D eigenvalue weighted by molar-refractivity contribution is 7.91. The Balaban J connectivity index is 1.29. The van der Waals surface area contributed by atoms with Gasteiger partial charge in [0.05, 0.1) is 18.8 Å². The van der Waals surface area contributed by atoms with Crippen LogP contribution in [0.15, 0.2) is 18.2 Å². The number of hydrogen-bond donors (Lipinski definition) is 2. The van der Waals surface area contributed by atoms with E-state index in [2.05, 4.69) is 15.7 Å². The molecule has 0 unspecified atom stereocenters. The summed E-state index contributed by atoms with van der Waals surface area (Å²) in [4.78, 5) is 26.9. The van der Waals surface area contributed by atoms with E-state index in [1.54, 1.807) is 10.7 Å². The maximum Gasteiger partial charge on any atom is 0.282 e. The summed E-state index contributed by atoms with van der Waals surface area (Å²) in [7, 11) is -3.56. The highest BCUT2D eigenvalue weighted by Gasteiger charge is 2.44. The van der Waals surface area contributed by atoms with Crippen molar-refractivity contribution in [1.29, 1.82) is 0 Å². The summed E-state index contributed by atoms with van der Waals surface area (Å²) in [5.74, 6) is -4.35. The van der Waals surface area contributed by atoms with Crippen LogP contribution in [0, 0.1) is 11.7 Å². The number of rotatable bonds is 10. The minimum atomic E-state index is -3.56. The second-order valence-electron chi connectivity index (χ2n) is 10.7. The molecule has 3 heterocycles. The molecule has 13 heteroatoms. The average molecular weight is 554 g/mol. The van der Waals surface area contributed by atoms with Gasteiger partial charge in [0.15, 0.2) is 9.84 Å². The summed E-state index contributed by atoms with van der Waals surface area (Å²) < 4.78 is 65.4. The molecule has 1 aromatic heterocycles. The molecule has 2 fully saturated rings. The van der Waals surface area contributed by atoms with Crippen LogP contribution in [0.4, 0.5) is 24.7 Å². The topological polar surface area (TPSA) is 113 Å². The fourth-order valence-electron chi connectivity index (χ4n) is 5.01. The molecule has 5 rings (SSSR count). The number of nitrogens with zero attached hydrogens (tertiary/aromatic N) is 3. The number of sulfone groups is 1. The molecule has 1 saturated heterocycles. The highest BCUT2D eigenvalue weighted by atomic mass is 32.2. The second kappa shape index (κ2) is 9.90. The van der Waals surface area contributed by atoms with Crippen LogP contribution in [0.25, 0.3) is 0 Å². The Labute approximate surface area is 218 Å². The number of aromatic nitrogens is 2.